The van der Waals surface area contributed by atoms with Gasteiger partial charge in [-0.2, -0.15) is 0 Å². The van der Waals surface area contributed by atoms with Crippen LogP contribution in [0.5, 0.6) is 0 Å². The molecule has 0 spiro atoms. The number of carbonyl (C=O) groups excluding carboxylic acids is 1. The first-order valence-corrected chi connectivity index (χ1v) is 6.22. The van der Waals surface area contributed by atoms with E-state index in [4.69, 9.17) is 9.84 Å². The Balaban J connectivity index is 2.81. The van der Waals surface area contributed by atoms with E-state index in [0.717, 1.165) is 0 Å². The van der Waals surface area contributed by atoms with Crippen molar-refractivity contribution in [1.29, 1.82) is 0 Å². The third-order valence-corrected chi connectivity index (χ3v) is 2.61. The van der Waals surface area contributed by atoms with Crippen LogP contribution in [0.1, 0.15) is 37.2 Å². The van der Waals surface area contributed by atoms with Gasteiger partial charge in [-0.05, 0) is 0 Å². The van der Waals surface area contributed by atoms with E-state index in [-0.39, 0.29) is 30.3 Å². The van der Waals surface area contributed by atoms with E-state index >= 15 is 0 Å². The van der Waals surface area contributed by atoms with E-state index in [1.54, 1.807) is 7.11 Å². The predicted octanol–water partition coefficient (Wildman–Crippen LogP) is 0.183. The molecular weight excluding hydrogens is 248 g/mol. The lowest BCUT2D eigenvalue weighted by molar-refractivity contribution is 0.0645. The van der Waals surface area contributed by atoms with Crippen molar-refractivity contribution in [2.24, 2.45) is 0 Å². The molecule has 7 heteroatoms. The average molecular weight is 270 g/mol. The number of rotatable bonds is 6. The van der Waals surface area contributed by atoms with Crippen LogP contribution in [0.2, 0.25) is 0 Å². The van der Waals surface area contributed by atoms with Gasteiger partial charge < -0.3 is 14.7 Å². The van der Waals surface area contributed by atoms with E-state index < -0.39 is 0 Å². The van der Waals surface area contributed by atoms with Gasteiger partial charge in [0.2, 0.25) is 5.82 Å². The number of hydrogen-bond donors (Lipinski definition) is 2. The highest BCUT2D eigenvalue weighted by molar-refractivity contribution is 5.90. The molecule has 1 aromatic heterocycles. The monoisotopic (exact) mass is 270 g/mol. The number of aliphatic hydroxyl groups excluding tert-OH is 1. The Labute approximate surface area is 113 Å². The SMILES string of the molecule is COCCN(CCO)C(=O)c1n[nH]c(C(C)(C)C)n1. The summed E-state index contributed by atoms with van der Waals surface area (Å²) < 4.78 is 4.94. The Bertz CT molecular complexity index is 411. The van der Waals surface area contributed by atoms with E-state index in [9.17, 15) is 4.79 Å². The van der Waals surface area contributed by atoms with Crippen molar-refractivity contribution in [3.63, 3.8) is 0 Å². The molecule has 0 unspecified atom stereocenters. The van der Waals surface area contributed by atoms with Gasteiger partial charge in [-0.3, -0.25) is 9.89 Å². The molecule has 0 atom stereocenters. The first-order valence-electron chi connectivity index (χ1n) is 6.22. The Morgan fingerprint density at radius 3 is 2.58 bits per heavy atom. The summed E-state index contributed by atoms with van der Waals surface area (Å²) in [6.45, 7) is 6.89. The van der Waals surface area contributed by atoms with Gasteiger partial charge in [0.05, 0.1) is 13.2 Å². The quantitative estimate of drug-likeness (QED) is 0.769. The lowest BCUT2D eigenvalue weighted by atomic mass is 9.96. The van der Waals surface area contributed by atoms with Gasteiger partial charge in [0.15, 0.2) is 0 Å². The first-order chi connectivity index (χ1) is 8.90. The Morgan fingerprint density at radius 2 is 2.11 bits per heavy atom. The van der Waals surface area contributed by atoms with Gasteiger partial charge in [-0.25, -0.2) is 4.98 Å². The van der Waals surface area contributed by atoms with Gasteiger partial charge in [-0.15, -0.1) is 5.10 Å². The molecule has 0 aliphatic rings. The molecule has 7 nitrogen and oxygen atoms in total. The molecule has 1 aromatic rings. The summed E-state index contributed by atoms with van der Waals surface area (Å²) in [7, 11) is 1.56. The summed E-state index contributed by atoms with van der Waals surface area (Å²) in [6, 6.07) is 0. The molecule has 1 heterocycles. The first kappa shape index (κ1) is 15.6. The molecule has 1 rings (SSSR count). The molecule has 0 aromatic carbocycles. The van der Waals surface area contributed by atoms with Crippen LogP contribution in [0.15, 0.2) is 0 Å². The minimum atomic E-state index is -0.308. The summed E-state index contributed by atoms with van der Waals surface area (Å²) in [5.41, 5.74) is -0.195. The third kappa shape index (κ3) is 4.29. The van der Waals surface area contributed by atoms with Crippen molar-refractivity contribution in [2.45, 2.75) is 26.2 Å². The number of hydrogen-bond acceptors (Lipinski definition) is 5. The van der Waals surface area contributed by atoms with Crippen LogP contribution in [0.4, 0.5) is 0 Å². The van der Waals surface area contributed by atoms with Crippen LogP contribution in [0.25, 0.3) is 0 Å². The summed E-state index contributed by atoms with van der Waals surface area (Å²) in [6.07, 6.45) is 0. The van der Waals surface area contributed by atoms with Crippen LogP contribution in [-0.2, 0) is 10.2 Å². The third-order valence-electron chi connectivity index (χ3n) is 2.61. The highest BCUT2D eigenvalue weighted by Crippen LogP contribution is 2.17. The second kappa shape index (κ2) is 6.63. The number of methoxy groups -OCH3 is 1. The van der Waals surface area contributed by atoms with Gasteiger partial charge in [0.25, 0.3) is 5.91 Å². The van der Waals surface area contributed by atoms with Crippen LogP contribution in [0, 0.1) is 0 Å². The molecule has 0 radical (unpaired) electrons. The number of aliphatic hydroxyl groups is 1. The second-order valence-corrected chi connectivity index (χ2v) is 5.27. The van der Waals surface area contributed by atoms with E-state index in [1.807, 2.05) is 20.8 Å². The molecule has 0 saturated heterocycles. The molecule has 0 aliphatic heterocycles. The molecule has 0 fully saturated rings. The average Bonchev–Trinajstić information content (AvgIpc) is 2.83. The second-order valence-electron chi connectivity index (χ2n) is 5.27. The number of amides is 1. The molecule has 108 valence electrons. The summed E-state index contributed by atoms with van der Waals surface area (Å²) in [5.74, 6) is 0.471. The summed E-state index contributed by atoms with van der Waals surface area (Å²) in [5, 5.41) is 15.7. The predicted molar refractivity (Wildman–Crippen MR) is 69.9 cm³/mol. The normalized spacial score (nSPS) is 11.6. The van der Waals surface area contributed by atoms with Crippen LogP contribution in [0.3, 0.4) is 0 Å². The number of H-pyrrole nitrogens is 1. The number of nitrogens with one attached hydrogen (secondary N) is 1. The number of ether oxygens (including phenoxy) is 1. The number of aromatic nitrogens is 3. The fourth-order valence-corrected chi connectivity index (χ4v) is 1.47. The van der Waals surface area contributed by atoms with Crippen LogP contribution < -0.4 is 0 Å². The maximum Gasteiger partial charge on any atom is 0.293 e. The highest BCUT2D eigenvalue weighted by Gasteiger charge is 2.24. The smallest absolute Gasteiger partial charge is 0.293 e. The highest BCUT2D eigenvalue weighted by atomic mass is 16.5. The molecular formula is C12H22N4O3. The minimum absolute atomic E-state index is 0.105. The maximum absolute atomic E-state index is 12.2. The van der Waals surface area contributed by atoms with E-state index in [2.05, 4.69) is 15.2 Å². The van der Waals surface area contributed by atoms with Crippen molar-refractivity contribution < 1.29 is 14.6 Å². The van der Waals surface area contributed by atoms with Gasteiger partial charge in [0.1, 0.15) is 5.82 Å². The van der Waals surface area contributed by atoms with Crippen LogP contribution >= 0.6 is 0 Å². The number of nitrogens with zero attached hydrogens (tertiary/aromatic N) is 3. The summed E-state index contributed by atoms with van der Waals surface area (Å²) >= 11 is 0. The fraction of sp³-hybridized carbons (Fsp3) is 0.750. The minimum Gasteiger partial charge on any atom is -0.395 e. The Hall–Kier alpha value is -1.47. The molecule has 1 amide bonds. The van der Waals surface area contributed by atoms with Crippen molar-refractivity contribution in [1.82, 2.24) is 20.1 Å². The van der Waals surface area contributed by atoms with Gasteiger partial charge in [-0.1, -0.05) is 20.8 Å². The van der Waals surface area contributed by atoms with Crippen LogP contribution in [-0.4, -0.2) is 64.5 Å². The molecule has 2 N–H and O–H groups in total. The Kier molecular flexibility index (Phi) is 5.44. The standard InChI is InChI=1S/C12H22N4O3/c1-12(2,3)11-13-9(14-15-11)10(18)16(5-7-17)6-8-19-4/h17H,5-8H2,1-4H3,(H,13,14,15). The fourth-order valence-electron chi connectivity index (χ4n) is 1.47. The molecule has 0 bridgehead atoms. The summed E-state index contributed by atoms with van der Waals surface area (Å²) in [4.78, 5) is 17.9. The zero-order valence-electron chi connectivity index (χ0n) is 11.9. The van der Waals surface area contributed by atoms with Gasteiger partial charge >= 0.3 is 0 Å². The number of carbonyl (C=O) groups is 1. The van der Waals surface area contributed by atoms with E-state index in [0.29, 0.717) is 19.0 Å². The van der Waals surface area contributed by atoms with E-state index in [1.165, 1.54) is 4.90 Å². The molecule has 0 aliphatic carbocycles. The van der Waals surface area contributed by atoms with Crippen molar-refractivity contribution >= 4 is 5.91 Å². The number of aromatic amines is 1. The van der Waals surface area contributed by atoms with Crippen molar-refractivity contribution in [3.8, 4) is 0 Å². The van der Waals surface area contributed by atoms with Crippen molar-refractivity contribution in [2.75, 3.05) is 33.4 Å². The van der Waals surface area contributed by atoms with Gasteiger partial charge in [0, 0.05) is 25.6 Å². The largest absolute Gasteiger partial charge is 0.395 e. The lowest BCUT2D eigenvalue weighted by Gasteiger charge is -2.19. The molecule has 0 saturated carbocycles. The zero-order chi connectivity index (χ0) is 14.5. The topological polar surface area (TPSA) is 91.3 Å². The Morgan fingerprint density at radius 1 is 1.42 bits per heavy atom. The lowest BCUT2D eigenvalue weighted by Crippen LogP contribution is -2.36. The maximum atomic E-state index is 12.2. The van der Waals surface area contributed by atoms with Crippen molar-refractivity contribution in [3.05, 3.63) is 11.6 Å². The molecule has 19 heavy (non-hydrogen) atoms. The zero-order valence-corrected chi connectivity index (χ0v) is 11.9.